The highest BCUT2D eigenvalue weighted by atomic mass is 35.5. The van der Waals surface area contributed by atoms with Crippen molar-refractivity contribution in [1.82, 2.24) is 4.90 Å². The molecule has 0 radical (unpaired) electrons. The minimum absolute atomic E-state index is 0. The first-order valence-corrected chi connectivity index (χ1v) is 6.32. The third-order valence-electron chi connectivity index (χ3n) is 3.62. The summed E-state index contributed by atoms with van der Waals surface area (Å²) >= 11 is 0. The second-order valence-corrected chi connectivity index (χ2v) is 4.97. The third kappa shape index (κ3) is 3.14. The molecule has 0 atom stereocenters. The molecule has 1 aliphatic heterocycles. The zero-order valence-corrected chi connectivity index (χ0v) is 11.5. The highest BCUT2D eigenvalue weighted by Crippen LogP contribution is 2.35. The molecule has 2 N–H and O–H groups in total. The lowest BCUT2D eigenvalue weighted by Gasteiger charge is -2.32. The Morgan fingerprint density at radius 3 is 2.33 bits per heavy atom. The Kier molecular flexibility index (Phi) is 4.99. The van der Waals surface area contributed by atoms with Crippen LogP contribution in [0.4, 0.5) is 0 Å². The SMILES string of the molecule is CCOC(=O)C1CCN(C(=O)C2(N)CC2)CC1.Cl. The molecule has 1 saturated heterocycles. The monoisotopic (exact) mass is 276 g/mol. The first kappa shape index (κ1) is 15.2. The predicted molar refractivity (Wildman–Crippen MR) is 69.3 cm³/mol. The number of carbonyl (C=O) groups excluding carboxylic acids is 2. The highest BCUT2D eigenvalue weighted by molar-refractivity contribution is 5.89. The molecule has 0 aromatic heterocycles. The average Bonchev–Trinajstić information content (AvgIpc) is 3.08. The van der Waals surface area contributed by atoms with Gasteiger partial charge in [0.25, 0.3) is 0 Å². The van der Waals surface area contributed by atoms with E-state index >= 15 is 0 Å². The molecule has 1 amide bonds. The molecule has 104 valence electrons. The van der Waals surface area contributed by atoms with E-state index in [4.69, 9.17) is 10.5 Å². The second-order valence-electron chi connectivity index (χ2n) is 4.97. The van der Waals surface area contributed by atoms with Crippen molar-refractivity contribution in [3.05, 3.63) is 0 Å². The van der Waals surface area contributed by atoms with Gasteiger partial charge in [0.05, 0.1) is 18.1 Å². The van der Waals surface area contributed by atoms with E-state index in [9.17, 15) is 9.59 Å². The molecule has 1 saturated carbocycles. The third-order valence-corrected chi connectivity index (χ3v) is 3.62. The minimum atomic E-state index is -0.587. The number of carbonyl (C=O) groups is 2. The van der Waals surface area contributed by atoms with Crippen molar-refractivity contribution >= 4 is 24.3 Å². The quantitative estimate of drug-likeness (QED) is 0.770. The van der Waals surface area contributed by atoms with E-state index in [0.29, 0.717) is 32.5 Å². The number of rotatable bonds is 3. The smallest absolute Gasteiger partial charge is 0.309 e. The maximum atomic E-state index is 12.0. The fraction of sp³-hybridized carbons (Fsp3) is 0.833. The Labute approximate surface area is 113 Å². The van der Waals surface area contributed by atoms with Gasteiger partial charge in [-0.15, -0.1) is 12.4 Å². The summed E-state index contributed by atoms with van der Waals surface area (Å²) in [5, 5.41) is 0. The van der Waals surface area contributed by atoms with Crippen LogP contribution in [0.5, 0.6) is 0 Å². The maximum Gasteiger partial charge on any atom is 0.309 e. The van der Waals surface area contributed by atoms with Crippen LogP contribution < -0.4 is 5.73 Å². The molecule has 0 spiro atoms. The van der Waals surface area contributed by atoms with Crippen molar-refractivity contribution < 1.29 is 14.3 Å². The largest absolute Gasteiger partial charge is 0.466 e. The van der Waals surface area contributed by atoms with Crippen molar-refractivity contribution in [1.29, 1.82) is 0 Å². The Morgan fingerprint density at radius 2 is 1.89 bits per heavy atom. The predicted octanol–water partition coefficient (Wildman–Crippen LogP) is 0.701. The number of amides is 1. The molecule has 0 aromatic carbocycles. The molecule has 1 heterocycles. The second kappa shape index (κ2) is 5.89. The Hall–Kier alpha value is -0.810. The van der Waals surface area contributed by atoms with Crippen molar-refractivity contribution in [3.8, 4) is 0 Å². The van der Waals surface area contributed by atoms with Gasteiger partial charge in [-0.25, -0.2) is 0 Å². The lowest BCUT2D eigenvalue weighted by Crippen LogP contribution is -2.49. The van der Waals surface area contributed by atoms with Crippen molar-refractivity contribution in [2.45, 2.75) is 38.1 Å². The number of hydrogen-bond acceptors (Lipinski definition) is 4. The fourth-order valence-corrected chi connectivity index (χ4v) is 2.24. The van der Waals surface area contributed by atoms with Gasteiger partial charge in [0.1, 0.15) is 0 Å². The lowest BCUT2D eigenvalue weighted by molar-refractivity contribution is -0.151. The molecular weight excluding hydrogens is 256 g/mol. The summed E-state index contributed by atoms with van der Waals surface area (Å²) in [4.78, 5) is 25.3. The molecule has 18 heavy (non-hydrogen) atoms. The van der Waals surface area contributed by atoms with E-state index in [1.54, 1.807) is 4.90 Å². The van der Waals surface area contributed by atoms with Crippen LogP contribution in [0.1, 0.15) is 32.6 Å². The number of piperidine rings is 1. The summed E-state index contributed by atoms with van der Waals surface area (Å²) < 4.78 is 4.99. The first-order chi connectivity index (χ1) is 8.07. The van der Waals surface area contributed by atoms with E-state index < -0.39 is 5.54 Å². The summed E-state index contributed by atoms with van der Waals surface area (Å²) in [6, 6.07) is 0. The number of likely N-dealkylation sites (tertiary alicyclic amines) is 1. The molecule has 0 aromatic rings. The molecule has 1 aliphatic carbocycles. The summed E-state index contributed by atoms with van der Waals surface area (Å²) in [6.45, 7) is 3.48. The van der Waals surface area contributed by atoms with Gasteiger partial charge in [0, 0.05) is 13.1 Å². The zero-order chi connectivity index (χ0) is 12.5. The van der Waals surface area contributed by atoms with Crippen molar-refractivity contribution in [2.75, 3.05) is 19.7 Å². The van der Waals surface area contributed by atoms with Crippen LogP contribution in [0.3, 0.4) is 0 Å². The molecule has 2 rings (SSSR count). The number of halogens is 1. The van der Waals surface area contributed by atoms with Crippen LogP contribution in [-0.2, 0) is 14.3 Å². The number of hydrogen-bond donors (Lipinski definition) is 1. The fourth-order valence-electron chi connectivity index (χ4n) is 2.24. The highest BCUT2D eigenvalue weighted by Gasteiger charge is 2.48. The van der Waals surface area contributed by atoms with Gasteiger partial charge < -0.3 is 15.4 Å². The van der Waals surface area contributed by atoms with Crippen LogP contribution in [0, 0.1) is 5.92 Å². The Balaban J connectivity index is 0.00000162. The van der Waals surface area contributed by atoms with Crippen molar-refractivity contribution in [3.63, 3.8) is 0 Å². The van der Waals surface area contributed by atoms with Gasteiger partial charge in [0.2, 0.25) is 5.91 Å². The molecular formula is C12H21ClN2O3. The molecule has 5 nitrogen and oxygen atoms in total. The molecule has 0 bridgehead atoms. The summed E-state index contributed by atoms with van der Waals surface area (Å²) in [5.74, 6) is -0.125. The van der Waals surface area contributed by atoms with Crippen LogP contribution in [0.15, 0.2) is 0 Å². The van der Waals surface area contributed by atoms with Gasteiger partial charge in [-0.2, -0.15) is 0 Å². The Bertz CT molecular complexity index is 323. The minimum Gasteiger partial charge on any atom is -0.466 e. The molecule has 6 heteroatoms. The first-order valence-electron chi connectivity index (χ1n) is 6.32. The number of nitrogens with zero attached hydrogens (tertiary/aromatic N) is 1. The number of nitrogens with two attached hydrogens (primary N) is 1. The summed E-state index contributed by atoms with van der Waals surface area (Å²) in [7, 11) is 0. The van der Waals surface area contributed by atoms with Crippen molar-refractivity contribution in [2.24, 2.45) is 11.7 Å². The molecule has 0 unspecified atom stereocenters. The number of ether oxygens (including phenoxy) is 1. The van der Waals surface area contributed by atoms with Crippen LogP contribution in [0.25, 0.3) is 0 Å². The van der Waals surface area contributed by atoms with Crippen LogP contribution >= 0.6 is 12.4 Å². The van der Waals surface area contributed by atoms with Gasteiger partial charge in [0.15, 0.2) is 0 Å². The standard InChI is InChI=1S/C12H20N2O3.ClH/c1-2-17-10(15)9-3-7-14(8-4-9)11(16)12(13)5-6-12;/h9H,2-8,13H2,1H3;1H. The topological polar surface area (TPSA) is 72.6 Å². The zero-order valence-electron chi connectivity index (χ0n) is 10.7. The normalized spacial score (nSPS) is 22.0. The maximum absolute atomic E-state index is 12.0. The van der Waals surface area contributed by atoms with Crippen LogP contribution in [0.2, 0.25) is 0 Å². The van der Waals surface area contributed by atoms with Crippen LogP contribution in [-0.4, -0.2) is 42.0 Å². The molecule has 2 aliphatic rings. The van der Waals surface area contributed by atoms with E-state index in [2.05, 4.69) is 0 Å². The molecule has 2 fully saturated rings. The summed E-state index contributed by atoms with van der Waals surface area (Å²) in [5.41, 5.74) is 5.29. The van der Waals surface area contributed by atoms with Gasteiger partial charge >= 0.3 is 5.97 Å². The van der Waals surface area contributed by atoms with Gasteiger partial charge in [-0.05, 0) is 32.6 Å². The van der Waals surface area contributed by atoms with Gasteiger partial charge in [-0.3, -0.25) is 9.59 Å². The van der Waals surface area contributed by atoms with E-state index in [0.717, 1.165) is 12.8 Å². The summed E-state index contributed by atoms with van der Waals surface area (Å²) in [6.07, 6.45) is 2.98. The Morgan fingerprint density at radius 1 is 1.33 bits per heavy atom. The van der Waals surface area contributed by atoms with E-state index in [-0.39, 0.29) is 30.2 Å². The lowest BCUT2D eigenvalue weighted by atomic mass is 9.96. The van der Waals surface area contributed by atoms with E-state index in [1.807, 2.05) is 6.92 Å². The number of esters is 1. The van der Waals surface area contributed by atoms with Gasteiger partial charge in [-0.1, -0.05) is 0 Å². The average molecular weight is 277 g/mol. The van der Waals surface area contributed by atoms with E-state index in [1.165, 1.54) is 0 Å².